The van der Waals surface area contributed by atoms with Gasteiger partial charge in [-0.05, 0) is 37.5 Å². The fraction of sp³-hybridized carbons (Fsp3) is 0.500. The molecule has 1 aliphatic heterocycles. The highest BCUT2D eigenvalue weighted by molar-refractivity contribution is 5.47. The predicted octanol–water partition coefficient (Wildman–Crippen LogP) is 2.48. The quantitative estimate of drug-likeness (QED) is 0.868. The number of rotatable bonds is 4. The van der Waals surface area contributed by atoms with Gasteiger partial charge in [-0.25, -0.2) is 0 Å². The van der Waals surface area contributed by atoms with Crippen molar-refractivity contribution in [1.82, 2.24) is 14.8 Å². The van der Waals surface area contributed by atoms with Gasteiger partial charge in [0, 0.05) is 13.6 Å². The molecule has 1 unspecified atom stereocenters. The van der Waals surface area contributed by atoms with Gasteiger partial charge in [-0.3, -0.25) is 0 Å². The van der Waals surface area contributed by atoms with E-state index in [2.05, 4.69) is 27.2 Å². The third kappa shape index (κ3) is 2.38. The van der Waals surface area contributed by atoms with Gasteiger partial charge in [0.05, 0.1) is 20.3 Å². The molecule has 0 saturated carbocycles. The zero-order valence-electron chi connectivity index (χ0n) is 13.5. The van der Waals surface area contributed by atoms with Gasteiger partial charge in [0.15, 0.2) is 11.5 Å². The number of anilines is 1. The maximum atomic E-state index is 5.43. The number of hydrogen-bond donors (Lipinski definition) is 0. The fourth-order valence-electron chi connectivity index (χ4n) is 3.06. The first-order chi connectivity index (χ1) is 10.7. The second-order valence-corrected chi connectivity index (χ2v) is 5.57. The molecule has 118 valence electrons. The molecular weight excluding hydrogens is 280 g/mol. The van der Waals surface area contributed by atoms with Gasteiger partial charge in [0.1, 0.15) is 5.82 Å². The molecule has 0 N–H and O–H groups in total. The van der Waals surface area contributed by atoms with Crippen molar-refractivity contribution in [2.24, 2.45) is 7.05 Å². The lowest BCUT2D eigenvalue weighted by Gasteiger charge is -2.26. The number of benzene rings is 1. The highest BCUT2D eigenvalue weighted by Crippen LogP contribution is 2.38. The van der Waals surface area contributed by atoms with Crippen LogP contribution in [0.5, 0.6) is 11.5 Å². The molecular formula is C16H22N4O2. The summed E-state index contributed by atoms with van der Waals surface area (Å²) in [5.74, 6) is 3.37. The van der Waals surface area contributed by atoms with Crippen LogP contribution in [0.15, 0.2) is 18.2 Å². The average molecular weight is 302 g/mol. The Morgan fingerprint density at radius 2 is 1.91 bits per heavy atom. The molecule has 1 aliphatic rings. The SMILES string of the molecule is COc1ccc(C2CCCN2c2nnc(C)n2C)cc1OC. The van der Waals surface area contributed by atoms with E-state index in [-0.39, 0.29) is 0 Å². The van der Waals surface area contributed by atoms with E-state index >= 15 is 0 Å². The minimum absolute atomic E-state index is 0.294. The van der Waals surface area contributed by atoms with Crippen molar-refractivity contribution in [3.63, 3.8) is 0 Å². The standard InChI is InChI=1S/C16H22N4O2/c1-11-17-18-16(19(11)2)20-9-5-6-13(20)12-7-8-14(21-3)15(10-12)22-4/h7-8,10,13H,5-6,9H2,1-4H3. The van der Waals surface area contributed by atoms with Crippen LogP contribution in [-0.2, 0) is 7.05 Å². The summed E-state index contributed by atoms with van der Waals surface area (Å²) in [5.41, 5.74) is 1.22. The van der Waals surface area contributed by atoms with Crippen LogP contribution in [0.2, 0.25) is 0 Å². The second-order valence-electron chi connectivity index (χ2n) is 5.57. The lowest BCUT2D eigenvalue weighted by Crippen LogP contribution is -2.25. The zero-order valence-corrected chi connectivity index (χ0v) is 13.5. The summed E-state index contributed by atoms with van der Waals surface area (Å²) in [6.45, 7) is 2.96. The Labute approximate surface area is 130 Å². The van der Waals surface area contributed by atoms with E-state index in [1.807, 2.05) is 24.6 Å². The normalized spacial score (nSPS) is 17.8. The molecule has 22 heavy (non-hydrogen) atoms. The Balaban J connectivity index is 1.95. The summed E-state index contributed by atoms with van der Waals surface area (Å²) >= 11 is 0. The van der Waals surface area contributed by atoms with E-state index < -0.39 is 0 Å². The van der Waals surface area contributed by atoms with Crippen molar-refractivity contribution >= 4 is 5.95 Å². The van der Waals surface area contributed by atoms with Gasteiger partial charge in [0.25, 0.3) is 0 Å². The molecule has 6 nitrogen and oxygen atoms in total. The number of ether oxygens (including phenoxy) is 2. The molecule has 0 aliphatic carbocycles. The molecule has 3 rings (SSSR count). The molecule has 0 radical (unpaired) electrons. The maximum absolute atomic E-state index is 5.43. The first kappa shape index (κ1) is 14.7. The van der Waals surface area contributed by atoms with Crippen molar-refractivity contribution in [2.75, 3.05) is 25.7 Å². The largest absolute Gasteiger partial charge is 0.493 e. The molecule has 2 heterocycles. The molecule has 1 fully saturated rings. The molecule has 1 aromatic heterocycles. The number of hydrogen-bond acceptors (Lipinski definition) is 5. The molecule has 0 bridgehead atoms. The highest BCUT2D eigenvalue weighted by Gasteiger charge is 2.30. The van der Waals surface area contributed by atoms with E-state index in [9.17, 15) is 0 Å². The van der Waals surface area contributed by atoms with Crippen molar-refractivity contribution < 1.29 is 9.47 Å². The third-order valence-electron chi connectivity index (χ3n) is 4.37. The summed E-state index contributed by atoms with van der Waals surface area (Å²) in [5, 5.41) is 8.51. The molecule has 1 saturated heterocycles. The monoisotopic (exact) mass is 302 g/mol. The average Bonchev–Trinajstić information content (AvgIpc) is 3.14. The summed E-state index contributed by atoms with van der Waals surface area (Å²) in [7, 11) is 5.33. The van der Waals surface area contributed by atoms with Gasteiger partial charge in [-0.1, -0.05) is 6.07 Å². The minimum atomic E-state index is 0.294. The van der Waals surface area contributed by atoms with Gasteiger partial charge in [-0.2, -0.15) is 0 Å². The Bertz CT molecular complexity index is 668. The fourth-order valence-corrected chi connectivity index (χ4v) is 3.06. The molecule has 2 aromatic rings. The minimum Gasteiger partial charge on any atom is -0.493 e. The number of aromatic nitrogens is 3. The van der Waals surface area contributed by atoms with Crippen LogP contribution in [0, 0.1) is 6.92 Å². The van der Waals surface area contributed by atoms with E-state index in [4.69, 9.17) is 9.47 Å². The second kappa shape index (κ2) is 5.87. The topological polar surface area (TPSA) is 52.4 Å². The van der Waals surface area contributed by atoms with Crippen molar-refractivity contribution in [3.8, 4) is 11.5 Å². The first-order valence-corrected chi connectivity index (χ1v) is 7.50. The van der Waals surface area contributed by atoms with Crippen molar-refractivity contribution in [3.05, 3.63) is 29.6 Å². The number of aryl methyl sites for hydroxylation is 1. The summed E-state index contributed by atoms with van der Waals surface area (Å²) in [6, 6.07) is 6.42. The Morgan fingerprint density at radius 1 is 1.14 bits per heavy atom. The molecule has 0 spiro atoms. The lowest BCUT2D eigenvalue weighted by molar-refractivity contribution is 0.354. The highest BCUT2D eigenvalue weighted by atomic mass is 16.5. The van der Waals surface area contributed by atoms with Crippen molar-refractivity contribution in [2.45, 2.75) is 25.8 Å². The maximum Gasteiger partial charge on any atom is 0.227 e. The van der Waals surface area contributed by atoms with E-state index in [1.54, 1.807) is 14.2 Å². The Morgan fingerprint density at radius 3 is 2.55 bits per heavy atom. The van der Waals surface area contributed by atoms with Crippen LogP contribution in [0.25, 0.3) is 0 Å². The van der Waals surface area contributed by atoms with Crippen molar-refractivity contribution in [1.29, 1.82) is 0 Å². The van der Waals surface area contributed by atoms with Crippen LogP contribution in [0.3, 0.4) is 0 Å². The summed E-state index contributed by atoms with van der Waals surface area (Å²) in [4.78, 5) is 2.32. The zero-order chi connectivity index (χ0) is 15.7. The lowest BCUT2D eigenvalue weighted by atomic mass is 10.0. The van der Waals surface area contributed by atoms with Gasteiger partial charge >= 0.3 is 0 Å². The first-order valence-electron chi connectivity index (χ1n) is 7.50. The van der Waals surface area contributed by atoms with Gasteiger partial charge < -0.3 is 18.9 Å². The van der Waals surface area contributed by atoms with E-state index in [0.29, 0.717) is 6.04 Å². The molecule has 1 atom stereocenters. The van der Waals surface area contributed by atoms with Crippen LogP contribution >= 0.6 is 0 Å². The molecule has 6 heteroatoms. The van der Waals surface area contributed by atoms with Gasteiger partial charge in [-0.15, -0.1) is 10.2 Å². The summed E-state index contributed by atoms with van der Waals surface area (Å²) in [6.07, 6.45) is 2.24. The van der Waals surface area contributed by atoms with E-state index in [1.165, 1.54) is 5.56 Å². The molecule has 0 amide bonds. The summed E-state index contributed by atoms with van der Waals surface area (Å²) < 4.78 is 12.8. The van der Waals surface area contributed by atoms with Crippen LogP contribution in [-0.4, -0.2) is 35.5 Å². The third-order valence-corrected chi connectivity index (χ3v) is 4.37. The van der Waals surface area contributed by atoms with Crippen LogP contribution < -0.4 is 14.4 Å². The van der Waals surface area contributed by atoms with Gasteiger partial charge in [0.2, 0.25) is 5.95 Å². The van der Waals surface area contributed by atoms with E-state index in [0.717, 1.165) is 42.7 Å². The number of nitrogens with zero attached hydrogens (tertiary/aromatic N) is 4. The molecule has 1 aromatic carbocycles. The smallest absolute Gasteiger partial charge is 0.227 e. The predicted molar refractivity (Wildman–Crippen MR) is 84.6 cm³/mol. The van der Waals surface area contributed by atoms with Crippen LogP contribution in [0.1, 0.15) is 30.3 Å². The van der Waals surface area contributed by atoms with Crippen LogP contribution in [0.4, 0.5) is 5.95 Å². The Kier molecular flexibility index (Phi) is 3.92. The Hall–Kier alpha value is -2.24. The number of methoxy groups -OCH3 is 2.